The van der Waals surface area contributed by atoms with Crippen molar-refractivity contribution in [3.8, 4) is 0 Å². The van der Waals surface area contributed by atoms with Crippen molar-refractivity contribution in [2.75, 3.05) is 0 Å². The number of nitrogens with zero attached hydrogens (tertiary/aromatic N) is 1. The molecule has 0 amide bonds. The highest BCUT2D eigenvalue weighted by Crippen LogP contribution is 2.29. The average Bonchev–Trinajstić information content (AvgIpc) is 2.01. The zero-order chi connectivity index (χ0) is 10.9. The largest absolute Gasteiger partial charge is 0.486 e. The summed E-state index contributed by atoms with van der Waals surface area (Å²) in [7, 11) is 0. The first-order chi connectivity index (χ1) is 5.70. The molecule has 0 fully saturated rings. The highest BCUT2D eigenvalue weighted by molar-refractivity contribution is 6.35. The van der Waals surface area contributed by atoms with Gasteiger partial charge in [-0.1, -0.05) is 11.6 Å². The molecule has 0 aliphatic heterocycles. The molecule has 0 saturated heterocycles. The van der Waals surface area contributed by atoms with Crippen molar-refractivity contribution in [1.82, 2.24) is 0 Å². The summed E-state index contributed by atoms with van der Waals surface area (Å²) in [6.45, 7) is 6.22. The van der Waals surface area contributed by atoms with Crippen molar-refractivity contribution >= 4 is 23.5 Å². The fourth-order valence-corrected chi connectivity index (χ4v) is 0.536. The molecule has 72 valence electrons. The van der Waals surface area contributed by atoms with Crippen LogP contribution < -0.4 is 0 Å². The predicted molar refractivity (Wildman–Crippen MR) is 37.6 cm³/mol. The van der Waals surface area contributed by atoms with E-state index in [2.05, 4.69) is 4.85 Å². The van der Waals surface area contributed by atoms with Crippen molar-refractivity contribution in [2.24, 2.45) is 0 Å². The fourth-order valence-electron chi connectivity index (χ4n) is 0.413. The molecule has 0 bridgehead atoms. The van der Waals surface area contributed by atoms with Crippen LogP contribution in [0, 0.1) is 6.57 Å². The van der Waals surface area contributed by atoms with Crippen molar-refractivity contribution < 1.29 is 30.0 Å². The van der Waals surface area contributed by atoms with Crippen LogP contribution in [0.2, 0.25) is 0 Å². The Labute approximate surface area is 76.6 Å². The third-order valence-electron chi connectivity index (χ3n) is 1.21. The lowest BCUT2D eigenvalue weighted by Gasteiger charge is -2.20. The quantitative estimate of drug-likeness (QED) is 0.338. The van der Waals surface area contributed by atoms with Crippen LogP contribution in [0.1, 0.15) is 0 Å². The van der Waals surface area contributed by atoms with Crippen molar-refractivity contribution in [3.05, 3.63) is 11.4 Å². The number of alkyl halides is 1. The Hall–Kier alpha value is -1.36. The Morgan fingerprint density at radius 3 is 1.69 bits per heavy atom. The number of carbonyl (C=O) groups is 2. The second-order valence-corrected chi connectivity index (χ2v) is 2.56. The van der Waals surface area contributed by atoms with Gasteiger partial charge in [0.2, 0.25) is 0 Å². The first-order valence-corrected chi connectivity index (χ1v) is 3.07. The predicted octanol–water partition coefficient (Wildman–Crippen LogP) is -1.31. The van der Waals surface area contributed by atoms with Gasteiger partial charge < -0.3 is 20.4 Å². The lowest BCUT2D eigenvalue weighted by atomic mass is 10.1. The van der Waals surface area contributed by atoms with Gasteiger partial charge in [-0.05, 0) is 0 Å². The molecule has 2 atom stereocenters. The van der Waals surface area contributed by atoms with Crippen molar-refractivity contribution in [3.63, 3.8) is 0 Å². The summed E-state index contributed by atoms with van der Waals surface area (Å²) in [4.78, 5) is 22.5. The number of aliphatic carboxylic acids is 2. The summed E-state index contributed by atoms with van der Waals surface area (Å²) in [6.07, 6.45) is 0. The number of halogens is 1. The van der Waals surface area contributed by atoms with Crippen LogP contribution in [0.4, 0.5) is 0 Å². The molecule has 2 unspecified atom stereocenters. The van der Waals surface area contributed by atoms with Crippen LogP contribution >= 0.6 is 11.6 Å². The standard InChI is InChI=1S/C5H4ClNO6/c1-7-5(13,3(10)11)4(6,12)2(8)9/h12-13H,(H,8,9)(H,10,11). The number of aliphatic hydroxyl groups is 2. The Kier molecular flexibility index (Phi) is 2.85. The van der Waals surface area contributed by atoms with E-state index >= 15 is 0 Å². The summed E-state index contributed by atoms with van der Waals surface area (Å²) in [6, 6.07) is 0. The average molecular weight is 210 g/mol. The van der Waals surface area contributed by atoms with Crippen LogP contribution in [-0.4, -0.2) is 43.1 Å². The fraction of sp³-hybridized carbons (Fsp3) is 0.400. The van der Waals surface area contributed by atoms with E-state index < -0.39 is 22.7 Å². The molecule has 4 N–H and O–H groups in total. The Balaban J connectivity index is 5.36. The van der Waals surface area contributed by atoms with Gasteiger partial charge in [0.25, 0.3) is 0 Å². The van der Waals surface area contributed by atoms with Crippen LogP contribution in [0.15, 0.2) is 0 Å². The number of hydrogen-bond acceptors (Lipinski definition) is 4. The van der Waals surface area contributed by atoms with Crippen molar-refractivity contribution in [1.29, 1.82) is 0 Å². The molecule has 0 rings (SSSR count). The smallest absolute Gasteiger partial charge is 0.478 e. The van der Waals surface area contributed by atoms with E-state index in [-0.39, 0.29) is 0 Å². The highest BCUT2D eigenvalue weighted by atomic mass is 35.5. The van der Waals surface area contributed by atoms with Gasteiger partial charge in [0.1, 0.15) is 0 Å². The lowest BCUT2D eigenvalue weighted by molar-refractivity contribution is -0.182. The SMILES string of the molecule is [C-]#[N+]C(O)(C(=O)O)C(O)(Cl)C(=O)O. The van der Waals surface area contributed by atoms with Crippen LogP contribution in [0.25, 0.3) is 4.85 Å². The maximum Gasteiger partial charge on any atom is 0.486 e. The summed E-state index contributed by atoms with van der Waals surface area (Å²) in [5.74, 6) is -4.47. The molecular formula is C5H4ClNO6. The van der Waals surface area contributed by atoms with Gasteiger partial charge in [-0.2, -0.15) is 0 Å². The van der Waals surface area contributed by atoms with E-state index in [9.17, 15) is 9.59 Å². The van der Waals surface area contributed by atoms with Gasteiger partial charge in [0.05, 0.1) is 0 Å². The first-order valence-electron chi connectivity index (χ1n) is 2.69. The molecule has 0 radical (unpaired) electrons. The summed E-state index contributed by atoms with van der Waals surface area (Å²) < 4.78 is 0. The Morgan fingerprint density at radius 2 is 1.62 bits per heavy atom. The number of hydrogen-bond donors (Lipinski definition) is 4. The van der Waals surface area contributed by atoms with Crippen LogP contribution in [-0.2, 0) is 9.59 Å². The second kappa shape index (κ2) is 3.18. The molecular weight excluding hydrogens is 206 g/mol. The van der Waals surface area contributed by atoms with Crippen LogP contribution in [0.3, 0.4) is 0 Å². The minimum Gasteiger partial charge on any atom is -0.478 e. The zero-order valence-corrected chi connectivity index (χ0v) is 6.69. The third-order valence-corrected chi connectivity index (χ3v) is 1.63. The van der Waals surface area contributed by atoms with E-state index in [1.165, 1.54) is 0 Å². The third kappa shape index (κ3) is 1.55. The molecule has 0 spiro atoms. The second-order valence-electron chi connectivity index (χ2n) is 2.02. The molecule has 0 aromatic rings. The van der Waals surface area contributed by atoms with Gasteiger partial charge >= 0.3 is 22.7 Å². The first kappa shape index (κ1) is 11.6. The summed E-state index contributed by atoms with van der Waals surface area (Å²) >= 11 is 4.78. The number of rotatable bonds is 3. The van der Waals surface area contributed by atoms with Gasteiger partial charge in [-0.15, -0.1) is 0 Å². The molecule has 0 aliphatic carbocycles. The minimum absolute atomic E-state index is 2.06. The molecule has 7 nitrogen and oxygen atoms in total. The van der Waals surface area contributed by atoms with Gasteiger partial charge in [-0.3, -0.25) is 4.85 Å². The van der Waals surface area contributed by atoms with E-state index in [1.54, 1.807) is 0 Å². The van der Waals surface area contributed by atoms with Gasteiger partial charge in [-0.25, -0.2) is 16.2 Å². The normalized spacial score (nSPS) is 19.2. The Morgan fingerprint density at radius 1 is 1.23 bits per heavy atom. The number of carboxylic acids is 2. The Bertz CT molecular complexity index is 294. The molecule has 0 heterocycles. The summed E-state index contributed by atoms with van der Waals surface area (Å²) in [5.41, 5.74) is -3.61. The molecule has 13 heavy (non-hydrogen) atoms. The highest BCUT2D eigenvalue weighted by Gasteiger charge is 2.68. The van der Waals surface area contributed by atoms with Crippen LogP contribution in [0.5, 0.6) is 0 Å². The monoisotopic (exact) mass is 209 g/mol. The molecule has 0 aliphatic rings. The minimum atomic E-state index is -3.61. The van der Waals surface area contributed by atoms with Gasteiger partial charge in [0, 0.05) is 0 Å². The van der Waals surface area contributed by atoms with Crippen molar-refractivity contribution in [2.45, 2.75) is 10.8 Å². The molecule has 0 aromatic heterocycles. The van der Waals surface area contributed by atoms with Gasteiger partial charge in [0.15, 0.2) is 0 Å². The maximum atomic E-state index is 10.2. The molecule has 0 saturated carbocycles. The number of carboxylic acid groups (broad SMARTS) is 2. The zero-order valence-electron chi connectivity index (χ0n) is 5.93. The maximum absolute atomic E-state index is 10.2. The van der Waals surface area contributed by atoms with E-state index in [0.29, 0.717) is 0 Å². The van der Waals surface area contributed by atoms with E-state index in [1.807, 2.05) is 0 Å². The lowest BCUT2D eigenvalue weighted by Crippen LogP contribution is -2.58. The van der Waals surface area contributed by atoms with E-state index in [4.69, 9.17) is 38.6 Å². The molecule has 0 aromatic carbocycles. The topological polar surface area (TPSA) is 119 Å². The molecule has 8 heteroatoms. The summed E-state index contributed by atoms with van der Waals surface area (Å²) in [5, 5.41) is 30.6. The van der Waals surface area contributed by atoms with E-state index in [0.717, 1.165) is 0 Å².